The molecule has 0 aromatic heterocycles. The first kappa shape index (κ1) is 18.8. The normalized spacial score (nSPS) is 34.2. The molecule has 25 heavy (non-hydrogen) atoms. The third-order valence-corrected chi connectivity index (χ3v) is 6.84. The largest absolute Gasteiger partial charge is 0.367 e. The van der Waals surface area contributed by atoms with Crippen LogP contribution in [0, 0.1) is 27.9 Å². The van der Waals surface area contributed by atoms with Crippen molar-refractivity contribution < 1.29 is 14.5 Å². The van der Waals surface area contributed by atoms with Gasteiger partial charge in [-0.1, -0.05) is 32.6 Å². The number of rotatable bonds is 11. The van der Waals surface area contributed by atoms with E-state index in [2.05, 4.69) is 6.92 Å². The second-order valence-electron chi connectivity index (χ2n) is 8.47. The summed E-state index contributed by atoms with van der Waals surface area (Å²) in [5, 5.41) is 11.3. The Balaban J connectivity index is 1.43. The average Bonchev–Trinajstić information content (AvgIpc) is 2.63. The van der Waals surface area contributed by atoms with Crippen LogP contribution in [-0.4, -0.2) is 29.0 Å². The lowest BCUT2D eigenvalue weighted by molar-refractivity contribution is -0.524. The molecule has 2 saturated heterocycles. The van der Waals surface area contributed by atoms with Gasteiger partial charge in [-0.05, 0) is 49.9 Å². The van der Waals surface area contributed by atoms with Crippen molar-refractivity contribution in [2.24, 2.45) is 17.8 Å². The zero-order valence-electron chi connectivity index (χ0n) is 15.5. The highest BCUT2D eigenvalue weighted by Crippen LogP contribution is 2.53. The van der Waals surface area contributed by atoms with E-state index in [9.17, 15) is 14.9 Å². The van der Waals surface area contributed by atoms with Gasteiger partial charge in [-0.15, -0.1) is 0 Å². The SMILES string of the molecule is CCCCCCCC(CCC(=O)C1OC2CC3CCC2CC31)[N+](=O)[O-]. The third-order valence-electron chi connectivity index (χ3n) is 6.84. The van der Waals surface area contributed by atoms with Gasteiger partial charge in [0.2, 0.25) is 6.04 Å². The number of ether oxygens (including phenoxy) is 1. The maximum absolute atomic E-state index is 12.7. The predicted molar refractivity (Wildman–Crippen MR) is 96.0 cm³/mol. The van der Waals surface area contributed by atoms with Gasteiger partial charge in [0.1, 0.15) is 6.10 Å². The van der Waals surface area contributed by atoms with Gasteiger partial charge in [0, 0.05) is 24.2 Å². The van der Waals surface area contributed by atoms with Gasteiger partial charge in [0.05, 0.1) is 6.10 Å². The monoisotopic (exact) mass is 351 g/mol. The maximum atomic E-state index is 12.7. The Kier molecular flexibility index (Phi) is 6.48. The van der Waals surface area contributed by atoms with Crippen molar-refractivity contribution in [1.82, 2.24) is 0 Å². The summed E-state index contributed by atoms with van der Waals surface area (Å²) in [5.74, 6) is 1.83. The molecular formula is C20H33NO4. The Labute approximate surface area is 151 Å². The number of carbonyl (C=O) groups is 1. The standard InChI is InChI=1S/C20H33NO4/c1-2-3-4-5-6-7-16(21(23)24)10-11-18(22)20-17-12-15-9-8-14(17)13-19(15)25-20/h14-17,19-20H,2-13H2,1H3. The Morgan fingerprint density at radius 3 is 2.52 bits per heavy atom. The minimum absolute atomic E-state index is 0.123. The summed E-state index contributed by atoms with van der Waals surface area (Å²) in [5.41, 5.74) is 0. The quantitative estimate of drug-likeness (QED) is 0.311. The van der Waals surface area contributed by atoms with Crippen molar-refractivity contribution in [1.29, 1.82) is 0 Å². The zero-order chi connectivity index (χ0) is 17.8. The molecule has 6 unspecified atom stereocenters. The van der Waals surface area contributed by atoms with E-state index in [0.717, 1.165) is 32.1 Å². The van der Waals surface area contributed by atoms with E-state index in [1.807, 2.05) is 0 Å². The number of hydrogen-bond acceptors (Lipinski definition) is 4. The van der Waals surface area contributed by atoms with E-state index in [1.54, 1.807) is 0 Å². The van der Waals surface area contributed by atoms with Crippen LogP contribution >= 0.6 is 0 Å². The highest BCUT2D eigenvalue weighted by molar-refractivity contribution is 5.83. The molecule has 3 aliphatic carbocycles. The maximum Gasteiger partial charge on any atom is 0.213 e. The van der Waals surface area contributed by atoms with Gasteiger partial charge in [-0.25, -0.2) is 0 Å². The minimum Gasteiger partial charge on any atom is -0.367 e. The molecule has 5 nitrogen and oxygen atoms in total. The molecule has 5 heteroatoms. The molecule has 0 aromatic carbocycles. The van der Waals surface area contributed by atoms with Gasteiger partial charge < -0.3 is 4.74 Å². The van der Waals surface area contributed by atoms with Crippen molar-refractivity contribution in [2.75, 3.05) is 0 Å². The summed E-state index contributed by atoms with van der Waals surface area (Å²) < 4.78 is 6.08. The van der Waals surface area contributed by atoms with Crippen molar-refractivity contribution >= 4 is 5.78 Å². The lowest BCUT2D eigenvalue weighted by Crippen LogP contribution is -2.56. The Hall–Kier alpha value is -0.970. The molecule has 5 fully saturated rings. The second kappa shape index (κ2) is 8.61. The average molecular weight is 351 g/mol. The summed E-state index contributed by atoms with van der Waals surface area (Å²) in [6.07, 6.45) is 11.6. The fraction of sp³-hybridized carbons (Fsp3) is 0.950. The van der Waals surface area contributed by atoms with Crippen molar-refractivity contribution in [3.63, 3.8) is 0 Å². The first-order chi connectivity index (χ1) is 12.1. The molecular weight excluding hydrogens is 318 g/mol. The molecule has 0 amide bonds. The summed E-state index contributed by atoms with van der Waals surface area (Å²) in [7, 11) is 0. The molecule has 5 aliphatic rings. The van der Waals surface area contributed by atoms with E-state index in [4.69, 9.17) is 4.74 Å². The van der Waals surface area contributed by atoms with Gasteiger partial charge in [-0.3, -0.25) is 14.9 Å². The molecule has 4 bridgehead atoms. The molecule has 2 aliphatic heterocycles. The highest BCUT2D eigenvalue weighted by atomic mass is 16.6. The fourth-order valence-electron chi connectivity index (χ4n) is 5.35. The smallest absolute Gasteiger partial charge is 0.213 e. The first-order valence-corrected chi connectivity index (χ1v) is 10.4. The lowest BCUT2D eigenvalue weighted by atomic mass is 9.59. The molecule has 2 heterocycles. The van der Waals surface area contributed by atoms with Crippen LogP contribution in [-0.2, 0) is 9.53 Å². The number of hydrogen-bond donors (Lipinski definition) is 0. The molecule has 0 N–H and O–H groups in total. The van der Waals surface area contributed by atoms with E-state index in [-0.39, 0.29) is 22.9 Å². The zero-order valence-corrected chi connectivity index (χ0v) is 15.5. The van der Waals surface area contributed by atoms with Crippen molar-refractivity contribution in [3.8, 4) is 0 Å². The van der Waals surface area contributed by atoms with E-state index in [0.29, 0.717) is 37.0 Å². The van der Waals surface area contributed by atoms with Gasteiger partial charge in [-0.2, -0.15) is 0 Å². The van der Waals surface area contributed by atoms with Crippen LogP contribution in [0.1, 0.15) is 84.0 Å². The van der Waals surface area contributed by atoms with Crippen LogP contribution in [0.4, 0.5) is 0 Å². The predicted octanol–water partition coefficient (Wildman–Crippen LogP) is 4.55. The Morgan fingerprint density at radius 2 is 1.88 bits per heavy atom. The fourth-order valence-corrected chi connectivity index (χ4v) is 5.35. The van der Waals surface area contributed by atoms with Crippen LogP contribution in [0.3, 0.4) is 0 Å². The van der Waals surface area contributed by atoms with Crippen molar-refractivity contribution in [2.45, 2.75) is 102 Å². The van der Waals surface area contributed by atoms with Crippen LogP contribution in [0.5, 0.6) is 0 Å². The van der Waals surface area contributed by atoms with E-state index >= 15 is 0 Å². The minimum atomic E-state index is -0.567. The Bertz CT molecular complexity index is 480. The number of nitro groups is 1. The number of nitrogens with zero attached hydrogens (tertiary/aromatic N) is 1. The molecule has 3 saturated carbocycles. The number of unbranched alkanes of at least 4 members (excludes halogenated alkanes) is 4. The number of Topliss-reactive ketones (excluding diaryl/α,β-unsaturated/α-hetero) is 1. The van der Waals surface area contributed by atoms with Crippen LogP contribution < -0.4 is 0 Å². The van der Waals surface area contributed by atoms with Gasteiger partial charge in [0.25, 0.3) is 0 Å². The van der Waals surface area contributed by atoms with Gasteiger partial charge >= 0.3 is 0 Å². The molecule has 0 radical (unpaired) electrons. The number of ketones is 1. The molecule has 0 spiro atoms. The second-order valence-corrected chi connectivity index (χ2v) is 8.47. The number of fused-ring (bicyclic) bond motifs is 2. The molecule has 6 atom stereocenters. The lowest BCUT2D eigenvalue weighted by Gasteiger charge is -2.55. The topological polar surface area (TPSA) is 69.4 Å². The number of carbonyl (C=O) groups excluding carboxylic acids is 1. The Morgan fingerprint density at radius 1 is 1.12 bits per heavy atom. The summed E-state index contributed by atoms with van der Waals surface area (Å²) in [6, 6.07) is -0.567. The summed E-state index contributed by atoms with van der Waals surface area (Å²) in [4.78, 5) is 23.8. The van der Waals surface area contributed by atoms with Crippen LogP contribution in [0.15, 0.2) is 0 Å². The van der Waals surface area contributed by atoms with E-state index < -0.39 is 6.04 Å². The summed E-state index contributed by atoms with van der Waals surface area (Å²) >= 11 is 0. The molecule has 142 valence electrons. The highest BCUT2D eigenvalue weighted by Gasteiger charge is 2.52. The first-order valence-electron chi connectivity index (χ1n) is 10.4. The summed E-state index contributed by atoms with van der Waals surface area (Å²) in [6.45, 7) is 2.16. The van der Waals surface area contributed by atoms with E-state index in [1.165, 1.54) is 25.7 Å². The molecule has 0 aromatic rings. The van der Waals surface area contributed by atoms with Gasteiger partial charge in [0.15, 0.2) is 5.78 Å². The van der Waals surface area contributed by atoms with Crippen LogP contribution in [0.2, 0.25) is 0 Å². The van der Waals surface area contributed by atoms with Crippen molar-refractivity contribution in [3.05, 3.63) is 10.1 Å². The van der Waals surface area contributed by atoms with Crippen LogP contribution in [0.25, 0.3) is 0 Å². The third kappa shape index (κ3) is 4.42. The molecule has 5 rings (SSSR count).